The monoisotopic (exact) mass is 376 g/mol. The van der Waals surface area contributed by atoms with Gasteiger partial charge in [0.1, 0.15) is 6.10 Å². The van der Waals surface area contributed by atoms with Crippen molar-refractivity contribution in [1.82, 2.24) is 0 Å². The first kappa shape index (κ1) is 17.0. The van der Waals surface area contributed by atoms with Gasteiger partial charge < -0.3 is 14.2 Å². The smallest absolute Gasteiger partial charge is 0.335 e. The first-order valence-corrected chi connectivity index (χ1v) is 8.49. The Morgan fingerprint density at radius 3 is 2.65 bits per heavy atom. The zero-order chi connectivity index (χ0) is 13.3. The van der Waals surface area contributed by atoms with E-state index in [1.807, 2.05) is 21.2 Å². The van der Waals surface area contributed by atoms with Crippen LogP contribution >= 0.6 is 31.0 Å². The van der Waals surface area contributed by atoms with Crippen LogP contribution in [0, 0.1) is 0 Å². The zero-order valence-electron chi connectivity index (χ0n) is 9.85. The lowest BCUT2D eigenvalue weighted by molar-refractivity contribution is -0.170. The Labute approximate surface area is 119 Å². The lowest BCUT2D eigenvalue weighted by atomic mass is 10.1. The number of hydrogen-bond donors (Lipinski definition) is 1. The molecule has 0 aromatic rings. The minimum absolute atomic E-state index is 0.231. The highest BCUT2D eigenvalue weighted by atomic mass is 127. The van der Waals surface area contributed by atoms with Crippen LogP contribution in [0.25, 0.3) is 0 Å². The highest BCUT2D eigenvalue weighted by Crippen LogP contribution is 2.18. The molecule has 1 fully saturated rings. The second-order valence-corrected chi connectivity index (χ2v) is 3.37. The summed E-state index contributed by atoms with van der Waals surface area (Å²) < 4.78 is 15.1. The summed E-state index contributed by atoms with van der Waals surface area (Å²) in [6, 6.07) is 0. The van der Waals surface area contributed by atoms with Crippen molar-refractivity contribution in [3.8, 4) is 0 Å². The molecular weight excluding hydrogens is 359 g/mol. The molecule has 0 radical (unpaired) electrons. The molecule has 0 aromatic heterocycles. The molecular formula is C10H17IO5S. The van der Waals surface area contributed by atoms with Crippen molar-refractivity contribution in [3.63, 3.8) is 0 Å². The van der Waals surface area contributed by atoms with Crippen LogP contribution < -0.4 is 0 Å². The first-order chi connectivity index (χ1) is 8.13. The van der Waals surface area contributed by atoms with E-state index in [1.165, 1.54) is 6.92 Å². The Morgan fingerprint density at radius 2 is 2.12 bits per heavy atom. The quantitative estimate of drug-likeness (QED) is 0.463. The van der Waals surface area contributed by atoms with Gasteiger partial charge in [0.15, 0.2) is 6.10 Å². The van der Waals surface area contributed by atoms with Crippen molar-refractivity contribution in [3.05, 3.63) is 0 Å². The van der Waals surface area contributed by atoms with Gasteiger partial charge in [-0.25, -0.2) is 4.79 Å². The first-order valence-electron chi connectivity index (χ1n) is 5.25. The van der Waals surface area contributed by atoms with Crippen molar-refractivity contribution < 1.29 is 23.8 Å². The van der Waals surface area contributed by atoms with Crippen LogP contribution in [-0.4, -0.2) is 37.4 Å². The molecule has 1 aliphatic heterocycles. The van der Waals surface area contributed by atoms with Crippen LogP contribution in [0.1, 0.15) is 26.7 Å². The van der Waals surface area contributed by atoms with Gasteiger partial charge in [-0.2, -0.15) is 0 Å². The third-order valence-electron chi connectivity index (χ3n) is 2.12. The molecule has 1 rings (SSSR count). The van der Waals surface area contributed by atoms with E-state index in [-0.39, 0.29) is 18.0 Å². The summed E-state index contributed by atoms with van der Waals surface area (Å²) in [6.45, 7) is 3.84. The predicted molar refractivity (Wildman–Crippen MR) is 74.2 cm³/mol. The van der Waals surface area contributed by atoms with E-state index in [0.717, 1.165) is 0 Å². The molecule has 100 valence electrons. The van der Waals surface area contributed by atoms with Gasteiger partial charge in [0.05, 0.1) is 13.2 Å². The Morgan fingerprint density at radius 1 is 1.47 bits per heavy atom. The van der Waals surface area contributed by atoms with Crippen molar-refractivity contribution in [2.75, 3.05) is 13.2 Å². The number of carbonyl (C=O) groups excluding carboxylic acids is 2. The minimum atomic E-state index is -0.594. The molecule has 17 heavy (non-hydrogen) atoms. The van der Waals surface area contributed by atoms with Gasteiger partial charge in [0.2, 0.25) is 0 Å². The van der Waals surface area contributed by atoms with Gasteiger partial charge in [-0.05, 0) is 28.1 Å². The molecule has 2 unspecified atom stereocenters. The van der Waals surface area contributed by atoms with Crippen molar-refractivity contribution in [2.24, 2.45) is 0 Å². The van der Waals surface area contributed by atoms with Gasteiger partial charge in [-0.3, -0.25) is 4.79 Å². The number of ether oxygens (including phenoxy) is 3. The minimum Gasteiger partial charge on any atom is -0.464 e. The normalized spacial score (nSPS) is 23.1. The van der Waals surface area contributed by atoms with Gasteiger partial charge >= 0.3 is 11.9 Å². The molecule has 0 bridgehead atoms. The fraction of sp³-hybridized carbons (Fsp3) is 0.800. The predicted octanol–water partition coefficient (Wildman–Crippen LogP) is 1.93. The lowest BCUT2D eigenvalue weighted by Gasteiger charge is -2.27. The van der Waals surface area contributed by atoms with E-state index in [0.29, 0.717) is 26.1 Å². The average Bonchev–Trinajstić information content (AvgIpc) is 2.31. The molecule has 0 saturated carbocycles. The van der Waals surface area contributed by atoms with E-state index < -0.39 is 6.10 Å². The summed E-state index contributed by atoms with van der Waals surface area (Å²) in [4.78, 5) is 22.1. The summed E-state index contributed by atoms with van der Waals surface area (Å²) in [5, 5.41) is 0. The molecule has 0 aliphatic carbocycles. The molecule has 2 atom stereocenters. The van der Waals surface area contributed by atoms with Crippen LogP contribution in [0.2, 0.25) is 0 Å². The fourth-order valence-corrected chi connectivity index (χ4v) is 1.51. The molecule has 1 aliphatic rings. The number of rotatable bonds is 3. The number of esters is 2. The third kappa shape index (κ3) is 7.10. The Balaban J connectivity index is 0.00000121. The van der Waals surface area contributed by atoms with Gasteiger partial charge in [0, 0.05) is 19.8 Å². The lowest BCUT2D eigenvalue weighted by Crippen LogP contribution is -2.37. The van der Waals surface area contributed by atoms with E-state index in [9.17, 15) is 9.59 Å². The number of carbonyl (C=O) groups is 2. The topological polar surface area (TPSA) is 61.8 Å². The molecule has 0 spiro atoms. The van der Waals surface area contributed by atoms with E-state index in [2.05, 4.69) is 9.80 Å². The maximum Gasteiger partial charge on any atom is 0.335 e. The Bertz CT molecular complexity index is 249. The van der Waals surface area contributed by atoms with Gasteiger partial charge in [-0.1, -0.05) is 0 Å². The van der Waals surface area contributed by atoms with Crippen molar-refractivity contribution in [1.29, 1.82) is 0 Å². The van der Waals surface area contributed by atoms with Crippen LogP contribution in [0.5, 0.6) is 0 Å². The summed E-state index contributed by atoms with van der Waals surface area (Å²) in [5.74, 6) is -0.709. The van der Waals surface area contributed by atoms with Gasteiger partial charge in [-0.15, -0.1) is 9.80 Å². The number of halogens is 1. The maximum absolute atomic E-state index is 11.3. The summed E-state index contributed by atoms with van der Waals surface area (Å²) in [7, 11) is 3.50. The Kier molecular flexibility index (Phi) is 9.94. The van der Waals surface area contributed by atoms with Crippen LogP contribution in [0.4, 0.5) is 0 Å². The van der Waals surface area contributed by atoms with E-state index >= 15 is 0 Å². The summed E-state index contributed by atoms with van der Waals surface area (Å²) in [5.41, 5.74) is 0. The number of thiol groups is 1. The van der Waals surface area contributed by atoms with Crippen molar-refractivity contribution in [2.45, 2.75) is 38.9 Å². The highest BCUT2D eigenvalue weighted by molar-refractivity contribution is 14.2. The average molecular weight is 376 g/mol. The number of hydrogen-bond acceptors (Lipinski definition) is 6. The third-order valence-corrected chi connectivity index (χ3v) is 2.12. The summed E-state index contributed by atoms with van der Waals surface area (Å²) in [6.07, 6.45) is 0.196. The standard InChI is InChI=1S/C10H16O5.HIS/c1-3-13-10(12)9-6-8(4-5-14-9)15-7(2)11;1-2/h8-9H,3-6H2,1-2H3;2H. The highest BCUT2D eigenvalue weighted by Gasteiger charge is 2.30. The molecule has 0 amide bonds. The van der Waals surface area contributed by atoms with Crippen LogP contribution in [0.15, 0.2) is 0 Å². The summed E-state index contributed by atoms with van der Waals surface area (Å²) >= 11 is 1.84. The largest absolute Gasteiger partial charge is 0.464 e. The van der Waals surface area contributed by atoms with E-state index in [4.69, 9.17) is 14.2 Å². The fourth-order valence-electron chi connectivity index (χ4n) is 1.51. The molecule has 0 N–H and O–H groups in total. The van der Waals surface area contributed by atoms with Crippen LogP contribution in [0.3, 0.4) is 0 Å². The maximum atomic E-state index is 11.3. The molecule has 1 heterocycles. The van der Waals surface area contributed by atoms with Gasteiger partial charge in [0.25, 0.3) is 0 Å². The van der Waals surface area contributed by atoms with Crippen LogP contribution in [-0.2, 0) is 23.8 Å². The molecule has 7 heteroatoms. The van der Waals surface area contributed by atoms with E-state index in [1.54, 1.807) is 6.92 Å². The Hall–Kier alpha value is -0.0200. The SMILES string of the molecule is CCOC(=O)C1CC(OC(C)=O)CCO1.SI. The second kappa shape index (κ2) is 9.95. The second-order valence-electron chi connectivity index (χ2n) is 3.37. The zero-order valence-corrected chi connectivity index (χ0v) is 12.9. The molecule has 1 saturated heterocycles. The molecule has 0 aromatic carbocycles. The van der Waals surface area contributed by atoms with Crippen molar-refractivity contribution >= 4 is 42.9 Å². The molecule has 5 nitrogen and oxygen atoms in total.